The maximum atomic E-state index is 15.7. The van der Waals surface area contributed by atoms with Crippen LogP contribution in [0.4, 0.5) is 15.9 Å². The number of nitrogens with one attached hydrogen (secondary N) is 3. The minimum Gasteiger partial charge on any atom is -0.481 e. The van der Waals surface area contributed by atoms with Crippen LogP contribution in [-0.2, 0) is 22.7 Å². The number of aromatic nitrogens is 3. The van der Waals surface area contributed by atoms with Crippen LogP contribution in [0.5, 0.6) is 5.88 Å². The van der Waals surface area contributed by atoms with Crippen LogP contribution in [-0.4, -0.2) is 69.6 Å². The zero-order chi connectivity index (χ0) is 34.7. The first kappa shape index (κ1) is 34.5. The monoisotopic (exact) mass is 707 g/mol. The van der Waals surface area contributed by atoms with Gasteiger partial charge in [0, 0.05) is 73.3 Å². The molecule has 1 amide bonds. The second-order valence-corrected chi connectivity index (χ2v) is 13.3. The quantitative estimate of drug-likeness (QED) is 0.137. The van der Waals surface area contributed by atoms with Crippen molar-refractivity contribution in [2.45, 2.75) is 45.3 Å². The smallest absolute Gasteiger partial charge is 0.310 e. The molecule has 4 aromatic rings. The minimum atomic E-state index is -0.856. The number of halogens is 3. The van der Waals surface area contributed by atoms with Gasteiger partial charge in [0.1, 0.15) is 0 Å². The van der Waals surface area contributed by atoms with Gasteiger partial charge in [-0.15, -0.1) is 0 Å². The zero-order valence-electron chi connectivity index (χ0n) is 27.0. The number of rotatable bonds is 12. The molecule has 2 fully saturated rings. The van der Waals surface area contributed by atoms with Crippen molar-refractivity contribution in [3.8, 4) is 28.4 Å². The molecule has 0 spiro atoms. The van der Waals surface area contributed by atoms with Crippen molar-refractivity contribution in [3.05, 3.63) is 81.8 Å². The zero-order valence-corrected chi connectivity index (χ0v) is 28.5. The number of nitrogens with zero attached hydrogens (tertiary/aromatic N) is 4. The number of amides is 1. The Morgan fingerprint density at radius 3 is 2.67 bits per heavy atom. The summed E-state index contributed by atoms with van der Waals surface area (Å²) in [6, 6.07) is 12.5. The minimum absolute atomic E-state index is 0.0107. The Balaban J connectivity index is 1.20. The van der Waals surface area contributed by atoms with Gasteiger partial charge in [-0.1, -0.05) is 41.4 Å². The van der Waals surface area contributed by atoms with Gasteiger partial charge in [-0.3, -0.25) is 19.5 Å². The molecule has 256 valence electrons. The molecule has 3 aromatic heterocycles. The summed E-state index contributed by atoms with van der Waals surface area (Å²) < 4.78 is 21.3. The number of aliphatic carboxylic acids is 1. The van der Waals surface area contributed by atoms with Crippen LogP contribution in [0, 0.1) is 11.2 Å². The lowest BCUT2D eigenvalue weighted by molar-refractivity contribution is -0.147. The van der Waals surface area contributed by atoms with Gasteiger partial charge < -0.3 is 25.8 Å². The second-order valence-electron chi connectivity index (χ2n) is 12.6. The Bertz CT molecular complexity index is 1900. The van der Waals surface area contributed by atoms with E-state index in [1.54, 1.807) is 50.6 Å². The van der Waals surface area contributed by atoms with E-state index in [2.05, 4.69) is 25.9 Å². The largest absolute Gasteiger partial charge is 0.481 e. The van der Waals surface area contributed by atoms with Crippen LogP contribution in [0.15, 0.2) is 54.9 Å². The number of benzene rings is 1. The molecule has 6 rings (SSSR count). The number of carbonyl (C=O) groups excluding carboxylic acids is 1. The Hall–Kier alpha value is -4.36. The van der Waals surface area contributed by atoms with Gasteiger partial charge in [0.25, 0.3) is 0 Å². The van der Waals surface area contributed by atoms with Crippen LogP contribution in [0.1, 0.15) is 37.3 Å². The number of likely N-dealkylation sites (tertiary alicyclic amines) is 1. The molecular formula is C35H36Cl2FN7O4. The highest BCUT2D eigenvalue weighted by Gasteiger charge is 2.40. The summed E-state index contributed by atoms with van der Waals surface area (Å²) in [5.74, 6) is -0.894. The highest BCUT2D eigenvalue weighted by Crippen LogP contribution is 2.41. The number of carboxylic acid groups (broad SMARTS) is 1. The number of methoxy groups -OCH3 is 1. The number of pyridine rings is 3. The molecule has 5 heterocycles. The first-order chi connectivity index (χ1) is 23.6. The third-order valence-electron chi connectivity index (χ3n) is 9.03. The predicted molar refractivity (Wildman–Crippen MR) is 185 cm³/mol. The average Bonchev–Trinajstić information content (AvgIpc) is 3.69. The predicted octanol–water partition coefficient (Wildman–Crippen LogP) is 6.07. The third kappa shape index (κ3) is 7.47. The molecule has 0 radical (unpaired) electrons. The standard InChI is InChI=1S/C35H36Cl2FN7O4/c1-35(34(47)48)12-15-45(19-35)18-21-10-13-41-32(30(21)38)43-26-5-3-4-24(28(26)36)31-29(37)23(11-14-40-31)25-8-6-20(33(44-25)49-2)16-39-17-22-7-9-27(46)42-22/h3-6,8,10-11,13-14,22,39H,7,9,12,15-19H2,1-2H3,(H,41,43)(H,42,46)(H,47,48)/t22-,35+/m0/s1. The SMILES string of the molecule is COc1nc(-c2ccnc(-c3cccc(Nc4nccc(CN5CC[C@@](C)(C(=O)O)C5)c4F)c3Cl)c2Cl)ccc1CNC[C@@H]1CCC(=O)N1. The molecule has 1 aromatic carbocycles. The summed E-state index contributed by atoms with van der Waals surface area (Å²) in [5, 5.41) is 19.5. The number of carbonyl (C=O) groups is 2. The average molecular weight is 709 g/mol. The van der Waals surface area contributed by atoms with Crippen LogP contribution in [0.25, 0.3) is 22.5 Å². The van der Waals surface area contributed by atoms with Gasteiger partial charge in [0.15, 0.2) is 11.6 Å². The van der Waals surface area contributed by atoms with Gasteiger partial charge >= 0.3 is 5.97 Å². The van der Waals surface area contributed by atoms with E-state index in [1.807, 2.05) is 17.0 Å². The molecule has 0 unspecified atom stereocenters. The maximum absolute atomic E-state index is 15.7. The van der Waals surface area contributed by atoms with Crippen molar-refractivity contribution in [1.29, 1.82) is 0 Å². The normalized spacial score (nSPS) is 19.2. The maximum Gasteiger partial charge on any atom is 0.310 e. The molecule has 4 N–H and O–H groups in total. The molecule has 14 heteroatoms. The van der Waals surface area contributed by atoms with Crippen molar-refractivity contribution in [1.82, 2.24) is 30.5 Å². The Morgan fingerprint density at radius 1 is 1.12 bits per heavy atom. The van der Waals surface area contributed by atoms with E-state index in [4.69, 9.17) is 32.9 Å². The Kier molecular flexibility index (Phi) is 10.3. The third-order valence-corrected chi connectivity index (χ3v) is 9.82. The van der Waals surface area contributed by atoms with Crippen molar-refractivity contribution in [2.24, 2.45) is 5.41 Å². The van der Waals surface area contributed by atoms with Crippen LogP contribution in [0.2, 0.25) is 10.0 Å². The summed E-state index contributed by atoms with van der Waals surface area (Å²) in [4.78, 5) is 38.5. The van der Waals surface area contributed by atoms with Gasteiger partial charge in [-0.2, -0.15) is 0 Å². The van der Waals surface area contributed by atoms with Gasteiger partial charge in [0.2, 0.25) is 11.8 Å². The molecule has 0 aliphatic carbocycles. The molecule has 49 heavy (non-hydrogen) atoms. The fourth-order valence-corrected chi connectivity index (χ4v) is 6.78. The first-order valence-corrected chi connectivity index (χ1v) is 16.7. The number of hydrogen-bond acceptors (Lipinski definition) is 9. The van der Waals surface area contributed by atoms with Crippen LogP contribution in [0.3, 0.4) is 0 Å². The van der Waals surface area contributed by atoms with Crippen molar-refractivity contribution >= 4 is 46.6 Å². The summed E-state index contributed by atoms with van der Waals surface area (Å²) in [7, 11) is 1.55. The summed E-state index contributed by atoms with van der Waals surface area (Å²) >= 11 is 13.8. The molecule has 0 saturated carbocycles. The molecule has 11 nitrogen and oxygen atoms in total. The lowest BCUT2D eigenvalue weighted by atomic mass is 9.90. The topological polar surface area (TPSA) is 142 Å². The number of carboxylic acids is 1. The van der Waals surface area contributed by atoms with E-state index in [1.165, 1.54) is 6.20 Å². The summed E-state index contributed by atoms with van der Waals surface area (Å²) in [5.41, 5.74) is 2.92. The molecule has 2 aliphatic rings. The van der Waals surface area contributed by atoms with Crippen molar-refractivity contribution in [2.75, 3.05) is 32.1 Å². The Morgan fingerprint density at radius 2 is 1.94 bits per heavy atom. The number of ether oxygens (including phenoxy) is 1. The highest BCUT2D eigenvalue weighted by atomic mass is 35.5. The van der Waals surface area contributed by atoms with E-state index in [0.717, 1.165) is 12.0 Å². The fraction of sp³-hybridized carbons (Fsp3) is 0.343. The number of hydrogen-bond donors (Lipinski definition) is 4. The molecule has 0 bridgehead atoms. The van der Waals surface area contributed by atoms with Gasteiger partial charge in [-0.05, 0) is 50.6 Å². The van der Waals surface area contributed by atoms with E-state index in [0.29, 0.717) is 83.7 Å². The lowest BCUT2D eigenvalue weighted by Gasteiger charge is -2.20. The molecule has 2 saturated heterocycles. The first-order valence-electron chi connectivity index (χ1n) is 15.9. The second kappa shape index (κ2) is 14.6. The number of anilines is 2. The van der Waals surface area contributed by atoms with Crippen LogP contribution >= 0.6 is 23.2 Å². The van der Waals surface area contributed by atoms with Gasteiger partial charge in [-0.25, -0.2) is 14.4 Å². The molecule has 2 aliphatic heterocycles. The van der Waals surface area contributed by atoms with E-state index < -0.39 is 17.2 Å². The summed E-state index contributed by atoms with van der Waals surface area (Å²) in [6.45, 7) is 4.00. The lowest BCUT2D eigenvalue weighted by Crippen LogP contribution is -2.35. The van der Waals surface area contributed by atoms with Gasteiger partial charge in [0.05, 0.1) is 39.6 Å². The van der Waals surface area contributed by atoms with Crippen molar-refractivity contribution < 1.29 is 23.8 Å². The summed E-state index contributed by atoms with van der Waals surface area (Å²) in [6.07, 6.45) is 4.97. The van der Waals surface area contributed by atoms with Crippen molar-refractivity contribution in [3.63, 3.8) is 0 Å². The van der Waals surface area contributed by atoms with E-state index in [-0.39, 0.29) is 29.3 Å². The highest BCUT2D eigenvalue weighted by molar-refractivity contribution is 6.39. The van der Waals surface area contributed by atoms with E-state index in [9.17, 15) is 14.7 Å². The fourth-order valence-electron chi connectivity index (χ4n) is 6.21. The van der Waals surface area contributed by atoms with Crippen LogP contribution < -0.4 is 20.7 Å². The Labute approximate surface area is 293 Å². The van der Waals surface area contributed by atoms with E-state index >= 15 is 4.39 Å². The molecular weight excluding hydrogens is 672 g/mol. The molecule has 2 atom stereocenters.